The van der Waals surface area contributed by atoms with Crippen LogP contribution in [0, 0.1) is 6.92 Å². The van der Waals surface area contributed by atoms with Crippen LogP contribution in [0.1, 0.15) is 43.1 Å². The molecule has 0 fully saturated rings. The molecule has 0 saturated carbocycles. The summed E-state index contributed by atoms with van der Waals surface area (Å²) in [6, 6.07) is 11.3. The number of benzene rings is 2. The molecule has 0 unspecified atom stereocenters. The molecule has 2 aromatic carbocycles. The highest BCUT2D eigenvalue weighted by molar-refractivity contribution is 9.10. The van der Waals surface area contributed by atoms with Crippen LogP contribution in [0.5, 0.6) is 5.75 Å². The number of aromatic nitrogens is 2. The predicted octanol–water partition coefficient (Wildman–Crippen LogP) is 4.87. The fourth-order valence-corrected chi connectivity index (χ4v) is 3.18. The van der Waals surface area contributed by atoms with Gasteiger partial charge in [0.25, 0.3) is 5.56 Å². The minimum Gasteiger partial charge on any atom is -0.497 e. The molecule has 0 aliphatic rings. The number of rotatable bonds is 5. The van der Waals surface area contributed by atoms with E-state index in [9.17, 15) is 4.79 Å². The van der Waals surface area contributed by atoms with Gasteiger partial charge in [-0.2, -0.15) is 9.78 Å². The molecule has 0 N–H and O–H groups in total. The van der Waals surface area contributed by atoms with Crippen LogP contribution in [-0.2, 0) is 0 Å². The Hall–Kier alpha value is -2.47. The summed E-state index contributed by atoms with van der Waals surface area (Å²) in [5.41, 5.74) is 2.46. The number of hydrogen-bond donors (Lipinski definition) is 0. The summed E-state index contributed by atoms with van der Waals surface area (Å²) in [6.07, 6.45) is 2.57. The molecule has 3 rings (SSSR count). The first kappa shape index (κ1) is 19.3. The Balaban J connectivity index is 2.17. The second-order valence-electron chi connectivity index (χ2n) is 6.52. The quantitative estimate of drug-likeness (QED) is 0.545. The average Bonchev–Trinajstić information content (AvgIpc) is 2.67. The van der Waals surface area contributed by atoms with Crippen molar-refractivity contribution in [2.24, 2.45) is 5.10 Å². The van der Waals surface area contributed by atoms with Crippen molar-refractivity contribution < 1.29 is 4.74 Å². The Morgan fingerprint density at radius 2 is 2.07 bits per heavy atom. The number of nitrogens with zero attached hydrogens (tertiary/aromatic N) is 3. The summed E-state index contributed by atoms with van der Waals surface area (Å²) < 4.78 is 7.51. The fraction of sp³-hybridized carbons (Fsp3) is 0.286. The van der Waals surface area contributed by atoms with Crippen LogP contribution in [0.4, 0.5) is 0 Å². The van der Waals surface area contributed by atoms with E-state index in [-0.39, 0.29) is 11.5 Å². The lowest BCUT2D eigenvalue weighted by molar-refractivity contribution is 0.414. The highest BCUT2D eigenvalue weighted by Crippen LogP contribution is 2.21. The fourth-order valence-electron chi connectivity index (χ4n) is 2.82. The van der Waals surface area contributed by atoms with Gasteiger partial charge in [-0.1, -0.05) is 29.8 Å². The largest absolute Gasteiger partial charge is 0.497 e. The van der Waals surface area contributed by atoms with Crippen molar-refractivity contribution in [2.75, 3.05) is 7.11 Å². The van der Waals surface area contributed by atoms with Gasteiger partial charge in [0.1, 0.15) is 11.6 Å². The van der Waals surface area contributed by atoms with Crippen molar-refractivity contribution in [1.29, 1.82) is 0 Å². The Bertz CT molecular complexity index is 1070. The molecule has 140 valence electrons. The molecule has 0 radical (unpaired) electrons. The summed E-state index contributed by atoms with van der Waals surface area (Å²) in [6.45, 7) is 6.11. The van der Waals surface area contributed by atoms with Gasteiger partial charge in [-0.25, -0.2) is 4.98 Å². The zero-order valence-electron chi connectivity index (χ0n) is 15.9. The zero-order valence-corrected chi connectivity index (χ0v) is 17.4. The minimum absolute atomic E-state index is 0.111. The molecular weight excluding hydrogens is 406 g/mol. The van der Waals surface area contributed by atoms with Crippen molar-refractivity contribution in [3.05, 3.63) is 68.2 Å². The van der Waals surface area contributed by atoms with Gasteiger partial charge in [-0.05, 0) is 60.9 Å². The zero-order chi connectivity index (χ0) is 19.6. The highest BCUT2D eigenvalue weighted by atomic mass is 79.9. The van der Waals surface area contributed by atoms with Crippen LogP contribution in [0.3, 0.4) is 0 Å². The number of halogens is 1. The molecule has 0 spiro atoms. The molecule has 0 amide bonds. The molecule has 0 saturated heterocycles. The van der Waals surface area contributed by atoms with Gasteiger partial charge in [-0.3, -0.25) is 4.79 Å². The molecule has 0 aliphatic carbocycles. The van der Waals surface area contributed by atoms with Gasteiger partial charge >= 0.3 is 0 Å². The molecule has 1 atom stereocenters. The van der Waals surface area contributed by atoms with Crippen LogP contribution in [0.25, 0.3) is 10.9 Å². The van der Waals surface area contributed by atoms with E-state index in [1.807, 2.05) is 37.3 Å². The van der Waals surface area contributed by atoms with Gasteiger partial charge in [0.05, 0.1) is 24.2 Å². The third-order valence-electron chi connectivity index (χ3n) is 4.68. The van der Waals surface area contributed by atoms with E-state index >= 15 is 0 Å². The van der Waals surface area contributed by atoms with Gasteiger partial charge in [0.15, 0.2) is 0 Å². The van der Waals surface area contributed by atoms with Crippen molar-refractivity contribution in [1.82, 2.24) is 9.66 Å². The molecule has 27 heavy (non-hydrogen) atoms. The van der Waals surface area contributed by atoms with E-state index in [2.05, 4.69) is 34.9 Å². The summed E-state index contributed by atoms with van der Waals surface area (Å²) in [7, 11) is 1.64. The lowest BCUT2D eigenvalue weighted by Crippen LogP contribution is -2.23. The number of hydrogen-bond acceptors (Lipinski definition) is 4. The van der Waals surface area contributed by atoms with Crippen molar-refractivity contribution in [2.45, 2.75) is 33.1 Å². The second-order valence-corrected chi connectivity index (χ2v) is 7.44. The third-order valence-corrected chi connectivity index (χ3v) is 5.17. The SMILES string of the molecule is CC[C@@H](C)c1nc2ccc(Br)cc2c(=O)n1N=Cc1ccc(OC)cc1C. The van der Waals surface area contributed by atoms with Gasteiger partial charge < -0.3 is 4.74 Å². The third kappa shape index (κ3) is 3.95. The normalized spacial score (nSPS) is 12.6. The van der Waals surface area contributed by atoms with Crippen molar-refractivity contribution in [3.63, 3.8) is 0 Å². The Labute approximate surface area is 166 Å². The van der Waals surface area contributed by atoms with E-state index in [0.29, 0.717) is 16.7 Å². The predicted molar refractivity (Wildman–Crippen MR) is 113 cm³/mol. The maximum Gasteiger partial charge on any atom is 0.282 e. The topological polar surface area (TPSA) is 56.5 Å². The van der Waals surface area contributed by atoms with Crippen LogP contribution in [0.2, 0.25) is 0 Å². The maximum atomic E-state index is 13.1. The van der Waals surface area contributed by atoms with Crippen LogP contribution >= 0.6 is 15.9 Å². The molecule has 1 heterocycles. The lowest BCUT2D eigenvalue weighted by atomic mass is 10.1. The first-order chi connectivity index (χ1) is 12.9. The average molecular weight is 428 g/mol. The lowest BCUT2D eigenvalue weighted by Gasteiger charge is -2.14. The van der Waals surface area contributed by atoms with Gasteiger partial charge in [0.2, 0.25) is 0 Å². The van der Waals surface area contributed by atoms with Crippen LogP contribution in [0.15, 0.2) is 50.8 Å². The molecule has 0 bridgehead atoms. The van der Waals surface area contributed by atoms with Crippen molar-refractivity contribution >= 4 is 33.0 Å². The minimum atomic E-state index is -0.168. The number of aryl methyl sites for hydroxylation is 1. The Kier molecular flexibility index (Phi) is 5.75. The summed E-state index contributed by atoms with van der Waals surface area (Å²) in [5.74, 6) is 1.57. The van der Waals surface area contributed by atoms with E-state index in [1.54, 1.807) is 19.4 Å². The van der Waals surface area contributed by atoms with Gasteiger partial charge in [0, 0.05) is 10.4 Å². The smallest absolute Gasteiger partial charge is 0.282 e. The first-order valence-electron chi connectivity index (χ1n) is 8.85. The standard InChI is InChI=1S/C21H22BrN3O2/c1-5-13(2)20-24-19-9-7-16(22)11-18(19)21(26)25(20)23-12-15-6-8-17(27-4)10-14(15)3/h6-13H,5H2,1-4H3/t13-/m1/s1. The van der Waals surface area contributed by atoms with Crippen LogP contribution in [-0.4, -0.2) is 23.0 Å². The highest BCUT2D eigenvalue weighted by Gasteiger charge is 2.15. The molecule has 6 heteroatoms. The van der Waals surface area contributed by atoms with E-state index in [0.717, 1.165) is 27.8 Å². The van der Waals surface area contributed by atoms with E-state index < -0.39 is 0 Å². The molecule has 3 aromatic rings. The monoisotopic (exact) mass is 427 g/mol. The Morgan fingerprint density at radius 1 is 1.30 bits per heavy atom. The Morgan fingerprint density at radius 3 is 2.74 bits per heavy atom. The van der Waals surface area contributed by atoms with Gasteiger partial charge in [-0.15, -0.1) is 0 Å². The molecule has 5 nitrogen and oxygen atoms in total. The molecule has 0 aliphatic heterocycles. The number of methoxy groups -OCH3 is 1. The van der Waals surface area contributed by atoms with E-state index in [1.165, 1.54) is 4.68 Å². The maximum absolute atomic E-state index is 13.1. The van der Waals surface area contributed by atoms with E-state index in [4.69, 9.17) is 9.72 Å². The van der Waals surface area contributed by atoms with Crippen LogP contribution < -0.4 is 10.3 Å². The molecule has 1 aromatic heterocycles. The second kappa shape index (κ2) is 8.05. The summed E-state index contributed by atoms with van der Waals surface area (Å²) >= 11 is 3.42. The first-order valence-corrected chi connectivity index (χ1v) is 9.65. The summed E-state index contributed by atoms with van der Waals surface area (Å²) in [5, 5.41) is 5.04. The molecular formula is C21H22BrN3O2. The summed E-state index contributed by atoms with van der Waals surface area (Å²) in [4.78, 5) is 17.8. The van der Waals surface area contributed by atoms with Crippen molar-refractivity contribution in [3.8, 4) is 5.75 Å². The number of ether oxygens (including phenoxy) is 1. The number of fused-ring (bicyclic) bond motifs is 1.